The Morgan fingerprint density at radius 2 is 2.15 bits per heavy atom. The molecule has 20 heavy (non-hydrogen) atoms. The van der Waals surface area contributed by atoms with Crippen LogP contribution in [0.15, 0.2) is 24.3 Å². The van der Waals surface area contributed by atoms with Crippen molar-refractivity contribution in [1.82, 2.24) is 5.32 Å². The molecule has 0 bridgehead atoms. The van der Waals surface area contributed by atoms with Gasteiger partial charge in [0, 0.05) is 13.2 Å². The summed E-state index contributed by atoms with van der Waals surface area (Å²) in [6.07, 6.45) is 2.60. The normalized spacial score (nSPS) is 14.1. The van der Waals surface area contributed by atoms with Crippen molar-refractivity contribution in [2.75, 3.05) is 38.7 Å². The van der Waals surface area contributed by atoms with Gasteiger partial charge in [-0.25, -0.2) is 0 Å². The second-order valence-corrected chi connectivity index (χ2v) is 4.94. The Hall–Kier alpha value is -1.59. The number of para-hydroxylation sites is 2. The molecule has 0 aromatic heterocycles. The third-order valence-corrected chi connectivity index (χ3v) is 3.14. The van der Waals surface area contributed by atoms with Gasteiger partial charge in [-0.15, -0.1) is 0 Å². The van der Waals surface area contributed by atoms with Crippen LogP contribution in [0.2, 0.25) is 0 Å². The lowest BCUT2D eigenvalue weighted by molar-refractivity contribution is -0.115. The van der Waals surface area contributed by atoms with Gasteiger partial charge in [-0.3, -0.25) is 4.79 Å². The summed E-state index contributed by atoms with van der Waals surface area (Å²) in [4.78, 5) is 11.8. The van der Waals surface area contributed by atoms with Crippen LogP contribution >= 0.6 is 0 Å². The number of anilines is 1. The lowest BCUT2D eigenvalue weighted by Crippen LogP contribution is -2.30. The summed E-state index contributed by atoms with van der Waals surface area (Å²) >= 11 is 0. The van der Waals surface area contributed by atoms with E-state index in [9.17, 15) is 4.79 Å². The van der Waals surface area contributed by atoms with Gasteiger partial charge in [0.1, 0.15) is 5.75 Å². The van der Waals surface area contributed by atoms with E-state index in [0.29, 0.717) is 24.6 Å². The van der Waals surface area contributed by atoms with Crippen molar-refractivity contribution >= 4 is 11.6 Å². The van der Waals surface area contributed by atoms with Crippen LogP contribution in [0.5, 0.6) is 5.75 Å². The molecule has 0 heterocycles. The van der Waals surface area contributed by atoms with Crippen molar-refractivity contribution in [1.29, 1.82) is 0 Å². The van der Waals surface area contributed by atoms with Crippen molar-refractivity contribution in [2.24, 2.45) is 5.92 Å². The molecule has 0 saturated heterocycles. The van der Waals surface area contributed by atoms with Crippen LogP contribution in [0.3, 0.4) is 0 Å². The first kappa shape index (κ1) is 14.8. The fourth-order valence-electron chi connectivity index (χ4n) is 1.82. The van der Waals surface area contributed by atoms with Gasteiger partial charge in [0.2, 0.25) is 5.91 Å². The Morgan fingerprint density at radius 3 is 2.90 bits per heavy atom. The van der Waals surface area contributed by atoms with E-state index in [1.807, 2.05) is 24.3 Å². The Bertz CT molecular complexity index is 433. The fourth-order valence-corrected chi connectivity index (χ4v) is 1.82. The average molecular weight is 278 g/mol. The molecule has 1 amide bonds. The number of hydrogen-bond donors (Lipinski definition) is 2. The van der Waals surface area contributed by atoms with Crippen molar-refractivity contribution in [3.63, 3.8) is 0 Å². The van der Waals surface area contributed by atoms with Gasteiger partial charge >= 0.3 is 0 Å². The third-order valence-electron chi connectivity index (χ3n) is 3.14. The number of ether oxygens (including phenoxy) is 2. The number of carbonyl (C=O) groups is 1. The maximum atomic E-state index is 11.8. The SMILES string of the molecule is COc1ccccc1NC(=O)CNCCOCC1CC1. The lowest BCUT2D eigenvalue weighted by Gasteiger charge is -2.10. The minimum absolute atomic E-state index is 0.0864. The first-order chi connectivity index (χ1) is 9.79. The van der Waals surface area contributed by atoms with E-state index >= 15 is 0 Å². The van der Waals surface area contributed by atoms with E-state index in [0.717, 1.165) is 12.5 Å². The Kier molecular flexibility index (Phi) is 5.83. The van der Waals surface area contributed by atoms with Gasteiger partial charge in [0.15, 0.2) is 0 Å². The third kappa shape index (κ3) is 5.19. The zero-order chi connectivity index (χ0) is 14.2. The van der Waals surface area contributed by atoms with Crippen molar-refractivity contribution in [3.05, 3.63) is 24.3 Å². The van der Waals surface area contributed by atoms with E-state index in [-0.39, 0.29) is 12.5 Å². The topological polar surface area (TPSA) is 59.6 Å². The molecule has 1 fully saturated rings. The molecule has 0 atom stereocenters. The van der Waals surface area contributed by atoms with Crippen molar-refractivity contribution in [2.45, 2.75) is 12.8 Å². The van der Waals surface area contributed by atoms with Crippen LogP contribution in [-0.2, 0) is 9.53 Å². The van der Waals surface area contributed by atoms with E-state index in [1.165, 1.54) is 12.8 Å². The summed E-state index contributed by atoms with van der Waals surface area (Å²) in [6.45, 7) is 2.46. The maximum absolute atomic E-state index is 11.8. The van der Waals surface area contributed by atoms with E-state index < -0.39 is 0 Å². The van der Waals surface area contributed by atoms with Gasteiger partial charge in [0.25, 0.3) is 0 Å². The number of nitrogens with one attached hydrogen (secondary N) is 2. The molecule has 1 saturated carbocycles. The maximum Gasteiger partial charge on any atom is 0.238 e. The van der Waals surface area contributed by atoms with Crippen LogP contribution in [0.4, 0.5) is 5.69 Å². The molecule has 0 spiro atoms. The highest BCUT2D eigenvalue weighted by molar-refractivity contribution is 5.93. The molecule has 0 unspecified atom stereocenters. The second-order valence-electron chi connectivity index (χ2n) is 4.94. The molecular formula is C15H22N2O3. The first-order valence-electron chi connectivity index (χ1n) is 7.01. The Labute approximate surface area is 119 Å². The smallest absolute Gasteiger partial charge is 0.238 e. The predicted molar refractivity (Wildman–Crippen MR) is 78.0 cm³/mol. The standard InChI is InChI=1S/C15H22N2O3/c1-19-14-5-3-2-4-13(14)17-15(18)10-16-8-9-20-11-12-6-7-12/h2-5,12,16H,6-11H2,1H3,(H,17,18). The molecule has 110 valence electrons. The number of benzene rings is 1. The zero-order valence-corrected chi connectivity index (χ0v) is 11.9. The van der Waals surface area contributed by atoms with E-state index in [1.54, 1.807) is 7.11 Å². The first-order valence-corrected chi connectivity index (χ1v) is 7.01. The fraction of sp³-hybridized carbons (Fsp3) is 0.533. The second kappa shape index (κ2) is 7.87. The summed E-state index contributed by atoms with van der Waals surface area (Å²) in [5, 5.41) is 5.87. The van der Waals surface area contributed by atoms with Crippen LogP contribution in [0.1, 0.15) is 12.8 Å². The van der Waals surface area contributed by atoms with Crippen LogP contribution in [0.25, 0.3) is 0 Å². The molecule has 5 nitrogen and oxygen atoms in total. The number of rotatable bonds is 9. The van der Waals surface area contributed by atoms with Gasteiger partial charge in [0.05, 0.1) is 25.9 Å². The number of hydrogen-bond acceptors (Lipinski definition) is 4. The number of amides is 1. The summed E-state index contributed by atoms with van der Waals surface area (Å²) < 4.78 is 10.7. The zero-order valence-electron chi connectivity index (χ0n) is 11.9. The number of methoxy groups -OCH3 is 1. The molecule has 0 aliphatic heterocycles. The minimum atomic E-state index is -0.0864. The van der Waals surface area contributed by atoms with Crippen LogP contribution < -0.4 is 15.4 Å². The molecule has 5 heteroatoms. The molecule has 0 radical (unpaired) electrons. The molecular weight excluding hydrogens is 256 g/mol. The van der Waals surface area contributed by atoms with Gasteiger partial charge in [-0.1, -0.05) is 12.1 Å². The van der Waals surface area contributed by atoms with Gasteiger partial charge in [-0.2, -0.15) is 0 Å². The van der Waals surface area contributed by atoms with E-state index in [4.69, 9.17) is 9.47 Å². The molecule has 1 aromatic rings. The summed E-state index contributed by atoms with van der Waals surface area (Å²) in [7, 11) is 1.58. The monoisotopic (exact) mass is 278 g/mol. The highest BCUT2D eigenvalue weighted by Crippen LogP contribution is 2.28. The quantitative estimate of drug-likeness (QED) is 0.674. The highest BCUT2D eigenvalue weighted by Gasteiger charge is 2.20. The van der Waals surface area contributed by atoms with Gasteiger partial charge < -0.3 is 20.1 Å². The van der Waals surface area contributed by atoms with Crippen LogP contribution in [-0.4, -0.2) is 39.3 Å². The molecule has 1 aliphatic carbocycles. The summed E-state index contributed by atoms with van der Waals surface area (Å²) in [5.74, 6) is 1.36. The molecule has 2 N–H and O–H groups in total. The van der Waals surface area contributed by atoms with E-state index in [2.05, 4.69) is 10.6 Å². The summed E-state index contributed by atoms with van der Waals surface area (Å²) in [6, 6.07) is 7.35. The Morgan fingerprint density at radius 1 is 1.35 bits per heavy atom. The minimum Gasteiger partial charge on any atom is -0.495 e. The summed E-state index contributed by atoms with van der Waals surface area (Å²) in [5.41, 5.74) is 0.687. The molecule has 1 aliphatic rings. The predicted octanol–water partition coefficient (Wildman–Crippen LogP) is 1.65. The van der Waals surface area contributed by atoms with Crippen molar-refractivity contribution in [3.8, 4) is 5.75 Å². The Balaban J connectivity index is 1.59. The molecule has 2 rings (SSSR count). The average Bonchev–Trinajstić information content (AvgIpc) is 3.27. The number of carbonyl (C=O) groups excluding carboxylic acids is 1. The van der Waals surface area contributed by atoms with Crippen LogP contribution in [0, 0.1) is 5.92 Å². The lowest BCUT2D eigenvalue weighted by atomic mass is 10.3. The largest absolute Gasteiger partial charge is 0.495 e. The highest BCUT2D eigenvalue weighted by atomic mass is 16.5. The van der Waals surface area contributed by atoms with Gasteiger partial charge in [-0.05, 0) is 30.9 Å². The van der Waals surface area contributed by atoms with Crippen molar-refractivity contribution < 1.29 is 14.3 Å². The molecule has 1 aromatic carbocycles.